The highest BCUT2D eigenvalue weighted by Crippen LogP contribution is 2.28. The van der Waals surface area contributed by atoms with Crippen LogP contribution in [-0.4, -0.2) is 47.7 Å². The quantitative estimate of drug-likeness (QED) is 0.558. The van der Waals surface area contributed by atoms with Gasteiger partial charge in [0.1, 0.15) is 0 Å². The van der Waals surface area contributed by atoms with Crippen LogP contribution in [0, 0.1) is 5.92 Å². The van der Waals surface area contributed by atoms with Crippen molar-refractivity contribution >= 4 is 5.91 Å². The SMILES string of the molecule is C=CCNC[C@]1(O)CCCN(CCC2CCCCC2)C1=O. The first-order valence-electron chi connectivity index (χ1n) is 8.49. The lowest BCUT2D eigenvalue weighted by Crippen LogP contribution is -2.58. The van der Waals surface area contributed by atoms with E-state index in [4.69, 9.17) is 0 Å². The number of amides is 1. The highest BCUT2D eigenvalue weighted by atomic mass is 16.3. The molecule has 1 amide bonds. The van der Waals surface area contributed by atoms with Crippen LogP contribution in [0.5, 0.6) is 0 Å². The van der Waals surface area contributed by atoms with E-state index in [2.05, 4.69) is 11.9 Å². The Hall–Kier alpha value is -0.870. The molecule has 1 aliphatic heterocycles. The molecule has 1 saturated heterocycles. The molecule has 21 heavy (non-hydrogen) atoms. The van der Waals surface area contributed by atoms with Crippen molar-refractivity contribution in [2.45, 2.75) is 57.0 Å². The summed E-state index contributed by atoms with van der Waals surface area (Å²) >= 11 is 0. The molecule has 1 saturated carbocycles. The first kappa shape index (κ1) is 16.5. The Balaban J connectivity index is 1.82. The van der Waals surface area contributed by atoms with E-state index in [0.717, 1.165) is 31.8 Å². The van der Waals surface area contributed by atoms with E-state index in [1.165, 1.54) is 32.1 Å². The predicted molar refractivity (Wildman–Crippen MR) is 85.0 cm³/mol. The lowest BCUT2D eigenvalue weighted by atomic mass is 9.86. The number of aliphatic hydroxyl groups is 1. The summed E-state index contributed by atoms with van der Waals surface area (Å²) in [7, 11) is 0. The van der Waals surface area contributed by atoms with Gasteiger partial charge in [-0.2, -0.15) is 0 Å². The molecule has 0 aromatic rings. The lowest BCUT2D eigenvalue weighted by Gasteiger charge is -2.39. The molecule has 0 aromatic carbocycles. The van der Waals surface area contributed by atoms with Crippen LogP contribution in [0.3, 0.4) is 0 Å². The molecule has 120 valence electrons. The largest absolute Gasteiger partial charge is 0.379 e. The van der Waals surface area contributed by atoms with Gasteiger partial charge >= 0.3 is 0 Å². The average Bonchev–Trinajstić information content (AvgIpc) is 2.50. The molecule has 1 heterocycles. The van der Waals surface area contributed by atoms with E-state index >= 15 is 0 Å². The Labute approximate surface area is 128 Å². The van der Waals surface area contributed by atoms with Crippen LogP contribution in [0.25, 0.3) is 0 Å². The molecule has 1 atom stereocenters. The third kappa shape index (κ3) is 4.55. The maximum atomic E-state index is 12.5. The van der Waals surface area contributed by atoms with Crippen molar-refractivity contribution in [2.24, 2.45) is 5.92 Å². The molecule has 2 rings (SSSR count). The molecule has 4 heteroatoms. The maximum absolute atomic E-state index is 12.5. The van der Waals surface area contributed by atoms with Gasteiger partial charge in [-0.25, -0.2) is 0 Å². The molecule has 4 nitrogen and oxygen atoms in total. The topological polar surface area (TPSA) is 52.6 Å². The normalized spacial score (nSPS) is 27.9. The van der Waals surface area contributed by atoms with Crippen LogP contribution < -0.4 is 5.32 Å². The van der Waals surface area contributed by atoms with E-state index in [1.54, 1.807) is 6.08 Å². The summed E-state index contributed by atoms with van der Waals surface area (Å²) in [5.74, 6) is 0.696. The summed E-state index contributed by atoms with van der Waals surface area (Å²) in [6, 6.07) is 0. The highest BCUT2D eigenvalue weighted by Gasteiger charge is 2.41. The zero-order valence-electron chi connectivity index (χ0n) is 13.1. The summed E-state index contributed by atoms with van der Waals surface area (Å²) in [5.41, 5.74) is -1.21. The number of likely N-dealkylation sites (tertiary alicyclic amines) is 1. The van der Waals surface area contributed by atoms with Crippen molar-refractivity contribution < 1.29 is 9.90 Å². The second-order valence-corrected chi connectivity index (χ2v) is 6.64. The smallest absolute Gasteiger partial charge is 0.255 e. The van der Waals surface area contributed by atoms with Crippen molar-refractivity contribution in [1.29, 1.82) is 0 Å². The van der Waals surface area contributed by atoms with Gasteiger partial charge in [-0.3, -0.25) is 4.79 Å². The van der Waals surface area contributed by atoms with Gasteiger partial charge in [0.2, 0.25) is 0 Å². The van der Waals surface area contributed by atoms with Crippen molar-refractivity contribution in [3.63, 3.8) is 0 Å². The van der Waals surface area contributed by atoms with Crippen LogP contribution in [-0.2, 0) is 4.79 Å². The second kappa shape index (κ2) is 7.95. The Morgan fingerprint density at radius 3 is 2.81 bits per heavy atom. The fourth-order valence-corrected chi connectivity index (χ4v) is 3.64. The number of nitrogens with one attached hydrogen (secondary N) is 1. The third-order valence-corrected chi connectivity index (χ3v) is 4.94. The number of hydrogen-bond donors (Lipinski definition) is 2. The van der Waals surface area contributed by atoms with Crippen LogP contribution >= 0.6 is 0 Å². The molecule has 2 aliphatic rings. The molecule has 1 aliphatic carbocycles. The number of nitrogens with zero attached hydrogens (tertiary/aromatic N) is 1. The molecule has 0 unspecified atom stereocenters. The summed E-state index contributed by atoms with van der Waals surface area (Å²) < 4.78 is 0. The molecule has 0 aromatic heterocycles. The van der Waals surface area contributed by atoms with Crippen molar-refractivity contribution in [3.8, 4) is 0 Å². The summed E-state index contributed by atoms with van der Waals surface area (Å²) in [4.78, 5) is 14.4. The van der Waals surface area contributed by atoms with Gasteiger partial charge in [0.15, 0.2) is 5.60 Å². The monoisotopic (exact) mass is 294 g/mol. The van der Waals surface area contributed by atoms with Gasteiger partial charge in [-0.15, -0.1) is 6.58 Å². The van der Waals surface area contributed by atoms with E-state index in [9.17, 15) is 9.90 Å². The van der Waals surface area contributed by atoms with Crippen molar-refractivity contribution in [3.05, 3.63) is 12.7 Å². The number of rotatable bonds is 7. The molecule has 0 spiro atoms. The number of hydrogen-bond acceptors (Lipinski definition) is 3. The zero-order valence-corrected chi connectivity index (χ0v) is 13.1. The van der Waals surface area contributed by atoms with Gasteiger partial charge in [-0.1, -0.05) is 38.2 Å². The van der Waals surface area contributed by atoms with Crippen molar-refractivity contribution in [1.82, 2.24) is 10.2 Å². The fourth-order valence-electron chi connectivity index (χ4n) is 3.64. The predicted octanol–water partition coefficient (Wildman–Crippen LogP) is 2.09. The number of piperidine rings is 1. The van der Waals surface area contributed by atoms with E-state index in [0.29, 0.717) is 19.5 Å². The van der Waals surface area contributed by atoms with Gasteiger partial charge in [0.05, 0.1) is 0 Å². The maximum Gasteiger partial charge on any atom is 0.255 e. The van der Waals surface area contributed by atoms with Crippen LogP contribution in [0.2, 0.25) is 0 Å². The molecule has 2 N–H and O–H groups in total. The minimum absolute atomic E-state index is 0.0823. The zero-order chi connectivity index (χ0) is 15.1. The van der Waals surface area contributed by atoms with Gasteiger partial charge in [0.25, 0.3) is 5.91 Å². The van der Waals surface area contributed by atoms with E-state index in [1.807, 2.05) is 4.90 Å². The first-order valence-corrected chi connectivity index (χ1v) is 8.49. The molecular weight excluding hydrogens is 264 g/mol. The highest BCUT2D eigenvalue weighted by molar-refractivity contribution is 5.86. The minimum atomic E-state index is -1.21. The first-order chi connectivity index (χ1) is 10.2. The summed E-state index contributed by atoms with van der Waals surface area (Å²) in [6.07, 6.45) is 11.0. The van der Waals surface area contributed by atoms with Gasteiger partial charge < -0.3 is 15.3 Å². The summed E-state index contributed by atoms with van der Waals surface area (Å²) in [6.45, 7) is 6.21. The fraction of sp³-hybridized carbons (Fsp3) is 0.824. The standard InChI is InChI=1S/C17H30N2O2/c1-2-11-18-14-17(21)10-6-12-19(16(17)20)13-9-15-7-4-3-5-8-15/h2,15,18,21H,1,3-14H2/t17-/m1/s1. The van der Waals surface area contributed by atoms with Crippen LogP contribution in [0.1, 0.15) is 51.4 Å². The molecule has 0 bridgehead atoms. The van der Waals surface area contributed by atoms with E-state index < -0.39 is 5.60 Å². The lowest BCUT2D eigenvalue weighted by molar-refractivity contribution is -0.156. The molecular formula is C17H30N2O2. The van der Waals surface area contributed by atoms with Crippen LogP contribution in [0.15, 0.2) is 12.7 Å². The average molecular weight is 294 g/mol. The Morgan fingerprint density at radius 2 is 2.10 bits per heavy atom. The Bertz CT molecular complexity index is 353. The Kier molecular flexibility index (Phi) is 6.24. The third-order valence-electron chi connectivity index (χ3n) is 4.94. The van der Waals surface area contributed by atoms with Crippen molar-refractivity contribution in [2.75, 3.05) is 26.2 Å². The summed E-state index contributed by atoms with van der Waals surface area (Å²) in [5, 5.41) is 13.7. The van der Waals surface area contributed by atoms with Gasteiger partial charge in [0, 0.05) is 26.2 Å². The Morgan fingerprint density at radius 1 is 1.33 bits per heavy atom. The van der Waals surface area contributed by atoms with Crippen LogP contribution in [0.4, 0.5) is 0 Å². The number of carbonyl (C=O) groups is 1. The minimum Gasteiger partial charge on any atom is -0.379 e. The molecule has 2 fully saturated rings. The number of carbonyl (C=O) groups excluding carboxylic acids is 1. The van der Waals surface area contributed by atoms with Gasteiger partial charge in [-0.05, 0) is 25.2 Å². The van der Waals surface area contributed by atoms with E-state index in [-0.39, 0.29) is 5.91 Å². The second-order valence-electron chi connectivity index (χ2n) is 6.64. The molecule has 0 radical (unpaired) electrons.